The molecule has 18 heavy (non-hydrogen) atoms. The Morgan fingerprint density at radius 3 is 2.56 bits per heavy atom. The van der Waals surface area contributed by atoms with Crippen molar-refractivity contribution in [1.29, 1.82) is 0 Å². The van der Waals surface area contributed by atoms with Crippen molar-refractivity contribution in [3.05, 3.63) is 23.4 Å². The molecule has 0 spiro atoms. The first-order valence-corrected chi connectivity index (χ1v) is 6.45. The average Bonchev–Trinajstić information content (AvgIpc) is 2.38. The second kappa shape index (κ2) is 5.48. The van der Waals surface area contributed by atoms with Crippen LogP contribution in [0, 0.1) is 6.92 Å². The minimum Gasteiger partial charge on any atom is -0.356 e. The van der Waals surface area contributed by atoms with E-state index in [2.05, 4.69) is 28.9 Å². The Kier molecular flexibility index (Phi) is 3.97. The molecule has 0 aromatic carbocycles. The van der Waals surface area contributed by atoms with Gasteiger partial charge in [-0.1, -0.05) is 0 Å². The van der Waals surface area contributed by atoms with E-state index in [0.717, 1.165) is 30.8 Å². The molecule has 4 nitrogen and oxygen atoms in total. The minimum atomic E-state index is 0.677. The summed E-state index contributed by atoms with van der Waals surface area (Å²) < 4.78 is 0. The van der Waals surface area contributed by atoms with Crippen molar-refractivity contribution in [2.24, 2.45) is 0 Å². The molecular formula is C14H21N3O. The Balaban J connectivity index is 2.05. The van der Waals surface area contributed by atoms with Crippen LogP contribution in [-0.4, -0.2) is 49.4 Å². The number of anilines is 1. The van der Waals surface area contributed by atoms with Gasteiger partial charge in [-0.05, 0) is 45.5 Å². The molecule has 0 saturated carbocycles. The van der Waals surface area contributed by atoms with Crippen molar-refractivity contribution in [2.45, 2.75) is 25.8 Å². The Morgan fingerprint density at radius 2 is 2.06 bits per heavy atom. The van der Waals surface area contributed by atoms with Crippen LogP contribution in [0.5, 0.6) is 0 Å². The monoisotopic (exact) mass is 247 g/mol. The van der Waals surface area contributed by atoms with Gasteiger partial charge in [-0.2, -0.15) is 0 Å². The van der Waals surface area contributed by atoms with E-state index in [-0.39, 0.29) is 0 Å². The zero-order valence-electron chi connectivity index (χ0n) is 11.4. The maximum Gasteiger partial charge on any atom is 0.151 e. The Morgan fingerprint density at radius 1 is 1.39 bits per heavy atom. The van der Waals surface area contributed by atoms with Gasteiger partial charge in [-0.15, -0.1) is 0 Å². The van der Waals surface area contributed by atoms with Gasteiger partial charge in [0.15, 0.2) is 6.29 Å². The second-order valence-corrected chi connectivity index (χ2v) is 5.20. The highest BCUT2D eigenvalue weighted by Gasteiger charge is 2.21. The smallest absolute Gasteiger partial charge is 0.151 e. The van der Waals surface area contributed by atoms with Crippen LogP contribution in [0.2, 0.25) is 0 Å². The molecule has 4 heteroatoms. The molecule has 0 N–H and O–H groups in total. The molecule has 0 bridgehead atoms. The second-order valence-electron chi connectivity index (χ2n) is 5.20. The summed E-state index contributed by atoms with van der Waals surface area (Å²) in [6, 6.07) is 2.69. The fourth-order valence-electron chi connectivity index (χ4n) is 2.46. The average molecular weight is 247 g/mol. The maximum atomic E-state index is 10.8. The Bertz CT molecular complexity index is 423. The van der Waals surface area contributed by atoms with Crippen LogP contribution in [0.25, 0.3) is 0 Å². The molecular weight excluding hydrogens is 226 g/mol. The van der Waals surface area contributed by atoms with E-state index in [1.807, 2.05) is 13.0 Å². The lowest BCUT2D eigenvalue weighted by Crippen LogP contribution is -2.42. The summed E-state index contributed by atoms with van der Waals surface area (Å²) in [7, 11) is 4.28. The molecule has 1 aliphatic rings. The lowest BCUT2D eigenvalue weighted by Gasteiger charge is -2.35. The number of nitrogens with zero attached hydrogens (tertiary/aromatic N) is 3. The molecule has 1 saturated heterocycles. The number of pyridine rings is 1. The minimum absolute atomic E-state index is 0.677. The summed E-state index contributed by atoms with van der Waals surface area (Å²) in [6.45, 7) is 4.03. The van der Waals surface area contributed by atoms with Crippen LogP contribution < -0.4 is 4.90 Å². The first kappa shape index (κ1) is 13.0. The highest BCUT2D eigenvalue weighted by atomic mass is 16.1. The topological polar surface area (TPSA) is 36.4 Å². The summed E-state index contributed by atoms with van der Waals surface area (Å²) in [5.74, 6) is 0.996. The first-order valence-electron chi connectivity index (χ1n) is 6.45. The lowest BCUT2D eigenvalue weighted by atomic mass is 10.0. The van der Waals surface area contributed by atoms with Crippen molar-refractivity contribution in [2.75, 3.05) is 32.1 Å². The summed E-state index contributed by atoms with van der Waals surface area (Å²) in [4.78, 5) is 19.8. The van der Waals surface area contributed by atoms with Gasteiger partial charge in [-0.25, -0.2) is 4.98 Å². The number of rotatable bonds is 3. The van der Waals surface area contributed by atoms with Crippen LogP contribution in [-0.2, 0) is 0 Å². The summed E-state index contributed by atoms with van der Waals surface area (Å²) in [6.07, 6.45) is 4.88. The van der Waals surface area contributed by atoms with E-state index >= 15 is 0 Å². The summed E-state index contributed by atoms with van der Waals surface area (Å²) in [5.41, 5.74) is 1.69. The van der Waals surface area contributed by atoms with Crippen LogP contribution in [0.3, 0.4) is 0 Å². The lowest BCUT2D eigenvalue weighted by molar-refractivity contribution is 0.112. The quantitative estimate of drug-likeness (QED) is 0.762. The van der Waals surface area contributed by atoms with Crippen LogP contribution in [0.4, 0.5) is 5.82 Å². The van der Waals surface area contributed by atoms with E-state index in [9.17, 15) is 4.79 Å². The van der Waals surface area contributed by atoms with E-state index in [1.165, 1.54) is 12.8 Å². The maximum absolute atomic E-state index is 10.8. The predicted molar refractivity (Wildman–Crippen MR) is 73.3 cm³/mol. The third-order valence-electron chi connectivity index (χ3n) is 3.78. The molecule has 0 radical (unpaired) electrons. The molecule has 98 valence electrons. The largest absolute Gasteiger partial charge is 0.356 e. The Labute approximate surface area is 109 Å². The van der Waals surface area contributed by atoms with Gasteiger partial charge < -0.3 is 9.80 Å². The molecule has 1 aliphatic heterocycles. The summed E-state index contributed by atoms with van der Waals surface area (Å²) in [5, 5.41) is 0. The number of aromatic nitrogens is 1. The van der Waals surface area contributed by atoms with Crippen LogP contribution in [0.15, 0.2) is 12.3 Å². The molecule has 0 unspecified atom stereocenters. The molecule has 1 aromatic rings. The number of piperidine rings is 1. The van der Waals surface area contributed by atoms with E-state index in [1.54, 1.807) is 6.20 Å². The molecule has 1 aromatic heterocycles. The predicted octanol–water partition coefficient (Wildman–Crippen LogP) is 1.73. The number of hydrogen-bond acceptors (Lipinski definition) is 4. The van der Waals surface area contributed by atoms with Gasteiger partial charge in [0.1, 0.15) is 5.82 Å². The van der Waals surface area contributed by atoms with E-state index in [0.29, 0.717) is 11.6 Å². The Hall–Kier alpha value is -1.42. The van der Waals surface area contributed by atoms with Gasteiger partial charge in [0.25, 0.3) is 0 Å². The van der Waals surface area contributed by atoms with E-state index < -0.39 is 0 Å². The fraction of sp³-hybridized carbons (Fsp3) is 0.571. The molecule has 0 amide bonds. The van der Waals surface area contributed by atoms with Crippen LogP contribution >= 0.6 is 0 Å². The van der Waals surface area contributed by atoms with Gasteiger partial charge in [0.2, 0.25) is 0 Å². The SMILES string of the molecule is Cc1cc(N2CCC(N(C)C)CC2)ncc1C=O. The molecule has 2 heterocycles. The van der Waals surface area contributed by atoms with Gasteiger partial charge in [0, 0.05) is 30.9 Å². The highest BCUT2D eigenvalue weighted by Crippen LogP contribution is 2.21. The number of carbonyl (C=O) groups excluding carboxylic acids is 1. The molecule has 0 atom stereocenters. The van der Waals surface area contributed by atoms with Crippen molar-refractivity contribution in [1.82, 2.24) is 9.88 Å². The summed E-state index contributed by atoms with van der Waals surface area (Å²) >= 11 is 0. The first-order chi connectivity index (χ1) is 8.61. The normalized spacial score (nSPS) is 17.2. The van der Waals surface area contributed by atoms with Crippen molar-refractivity contribution in [3.8, 4) is 0 Å². The zero-order valence-corrected chi connectivity index (χ0v) is 11.4. The molecule has 2 rings (SSSR count). The molecule has 1 fully saturated rings. The van der Waals surface area contributed by atoms with Crippen molar-refractivity contribution in [3.63, 3.8) is 0 Å². The van der Waals surface area contributed by atoms with Crippen LogP contribution in [0.1, 0.15) is 28.8 Å². The zero-order chi connectivity index (χ0) is 13.1. The standard InChI is InChI=1S/C14H21N3O/c1-11-8-14(15-9-12(11)10-18)17-6-4-13(5-7-17)16(2)3/h8-10,13H,4-7H2,1-3H3. The van der Waals surface area contributed by atoms with Crippen molar-refractivity contribution >= 4 is 12.1 Å². The van der Waals surface area contributed by atoms with Crippen molar-refractivity contribution < 1.29 is 4.79 Å². The molecule has 0 aliphatic carbocycles. The van der Waals surface area contributed by atoms with Gasteiger partial charge in [-0.3, -0.25) is 4.79 Å². The highest BCUT2D eigenvalue weighted by molar-refractivity contribution is 5.77. The van der Waals surface area contributed by atoms with Gasteiger partial charge in [0.05, 0.1) is 0 Å². The number of aldehydes is 1. The number of aryl methyl sites for hydroxylation is 1. The third-order valence-corrected chi connectivity index (χ3v) is 3.78. The van der Waals surface area contributed by atoms with E-state index in [4.69, 9.17) is 0 Å². The number of hydrogen-bond donors (Lipinski definition) is 0. The number of carbonyl (C=O) groups is 1. The fourth-order valence-corrected chi connectivity index (χ4v) is 2.46. The third kappa shape index (κ3) is 2.70. The van der Waals surface area contributed by atoms with Gasteiger partial charge >= 0.3 is 0 Å².